The summed E-state index contributed by atoms with van der Waals surface area (Å²) in [5, 5.41) is 2.85. The molecule has 0 spiro atoms. The third-order valence-corrected chi connectivity index (χ3v) is 3.97. The number of anilines is 1. The molecule has 5 heteroatoms. The maximum atomic E-state index is 12.1. The van der Waals surface area contributed by atoms with Crippen LogP contribution in [0.25, 0.3) is 0 Å². The molecule has 110 valence electrons. The Morgan fingerprint density at radius 3 is 2.62 bits per heavy atom. The van der Waals surface area contributed by atoms with Gasteiger partial charge >= 0.3 is 0 Å². The maximum Gasteiger partial charge on any atom is 0.265 e. The van der Waals surface area contributed by atoms with E-state index in [0.717, 1.165) is 20.2 Å². The standard InChI is InChI=1S/C16H15Br2NO2/c1-10-4-3-5-13(8-10)19-16(20)11(2)21-15-7-6-12(17)9-14(15)18/h3-9,11H,1-2H3,(H,19,20). The molecule has 0 aliphatic heterocycles. The molecule has 2 rings (SSSR count). The summed E-state index contributed by atoms with van der Waals surface area (Å²) in [6.07, 6.45) is -0.594. The van der Waals surface area contributed by atoms with E-state index in [9.17, 15) is 4.79 Å². The van der Waals surface area contributed by atoms with Gasteiger partial charge in [0.15, 0.2) is 6.10 Å². The van der Waals surface area contributed by atoms with Gasteiger partial charge in [0.25, 0.3) is 5.91 Å². The van der Waals surface area contributed by atoms with Crippen molar-refractivity contribution in [1.29, 1.82) is 0 Å². The molecule has 0 fully saturated rings. The quantitative estimate of drug-likeness (QED) is 0.773. The van der Waals surface area contributed by atoms with Crippen LogP contribution in [-0.2, 0) is 4.79 Å². The lowest BCUT2D eigenvalue weighted by atomic mass is 10.2. The van der Waals surface area contributed by atoms with Crippen LogP contribution in [0.2, 0.25) is 0 Å². The summed E-state index contributed by atoms with van der Waals surface area (Å²) in [5.74, 6) is 0.445. The minimum Gasteiger partial charge on any atom is -0.480 e. The highest BCUT2D eigenvalue weighted by atomic mass is 79.9. The summed E-state index contributed by atoms with van der Waals surface area (Å²) in [4.78, 5) is 12.1. The first-order valence-corrected chi connectivity index (χ1v) is 8.03. The molecule has 1 amide bonds. The van der Waals surface area contributed by atoms with Gasteiger partial charge < -0.3 is 10.1 Å². The molecular weight excluding hydrogens is 398 g/mol. The lowest BCUT2D eigenvalue weighted by molar-refractivity contribution is -0.122. The predicted molar refractivity (Wildman–Crippen MR) is 91.7 cm³/mol. The van der Waals surface area contributed by atoms with Gasteiger partial charge in [-0.25, -0.2) is 0 Å². The van der Waals surface area contributed by atoms with Crippen molar-refractivity contribution in [2.75, 3.05) is 5.32 Å². The Balaban J connectivity index is 2.02. The normalized spacial score (nSPS) is 11.8. The predicted octanol–water partition coefficient (Wildman–Crippen LogP) is 4.93. The molecule has 0 bridgehead atoms. The molecular formula is C16H15Br2NO2. The Morgan fingerprint density at radius 1 is 1.19 bits per heavy atom. The number of carbonyl (C=O) groups is 1. The van der Waals surface area contributed by atoms with Crippen LogP contribution in [0.4, 0.5) is 5.69 Å². The van der Waals surface area contributed by atoms with E-state index in [2.05, 4.69) is 37.2 Å². The zero-order valence-corrected chi connectivity index (χ0v) is 14.9. The van der Waals surface area contributed by atoms with Crippen molar-refractivity contribution >= 4 is 43.5 Å². The first kappa shape index (κ1) is 16.0. The van der Waals surface area contributed by atoms with Gasteiger partial charge in [-0.2, -0.15) is 0 Å². The van der Waals surface area contributed by atoms with Gasteiger partial charge in [-0.1, -0.05) is 28.1 Å². The number of rotatable bonds is 4. The molecule has 0 saturated heterocycles. The van der Waals surface area contributed by atoms with Crippen LogP contribution in [-0.4, -0.2) is 12.0 Å². The van der Waals surface area contributed by atoms with Crippen molar-refractivity contribution in [1.82, 2.24) is 0 Å². The number of benzene rings is 2. The average Bonchev–Trinajstić information content (AvgIpc) is 2.41. The van der Waals surface area contributed by atoms with Gasteiger partial charge in [-0.05, 0) is 65.7 Å². The molecule has 3 nitrogen and oxygen atoms in total. The highest BCUT2D eigenvalue weighted by molar-refractivity contribution is 9.11. The monoisotopic (exact) mass is 411 g/mol. The second kappa shape index (κ2) is 7.09. The summed E-state index contributed by atoms with van der Waals surface area (Å²) in [6.45, 7) is 3.70. The zero-order valence-electron chi connectivity index (χ0n) is 11.7. The van der Waals surface area contributed by atoms with Gasteiger partial charge in [0.05, 0.1) is 4.47 Å². The number of nitrogens with one attached hydrogen (secondary N) is 1. The number of amides is 1. The topological polar surface area (TPSA) is 38.3 Å². The van der Waals surface area contributed by atoms with E-state index in [1.807, 2.05) is 49.4 Å². The van der Waals surface area contributed by atoms with Crippen LogP contribution in [0.5, 0.6) is 5.75 Å². The first-order chi connectivity index (χ1) is 9.95. The second-order valence-corrected chi connectivity index (χ2v) is 6.46. The van der Waals surface area contributed by atoms with Crippen molar-refractivity contribution in [3.05, 3.63) is 57.0 Å². The Kier molecular flexibility index (Phi) is 5.42. The van der Waals surface area contributed by atoms with Crippen LogP contribution in [0.15, 0.2) is 51.4 Å². The Morgan fingerprint density at radius 2 is 1.95 bits per heavy atom. The molecule has 2 aromatic rings. The second-order valence-electron chi connectivity index (χ2n) is 4.69. The van der Waals surface area contributed by atoms with Crippen molar-refractivity contribution in [2.45, 2.75) is 20.0 Å². The van der Waals surface area contributed by atoms with E-state index >= 15 is 0 Å². The lowest BCUT2D eigenvalue weighted by Gasteiger charge is -2.16. The molecule has 1 unspecified atom stereocenters. The number of halogens is 2. The highest BCUT2D eigenvalue weighted by Crippen LogP contribution is 2.29. The largest absolute Gasteiger partial charge is 0.480 e. The van der Waals surface area contributed by atoms with Gasteiger partial charge in [-0.3, -0.25) is 4.79 Å². The van der Waals surface area contributed by atoms with Crippen molar-refractivity contribution in [3.63, 3.8) is 0 Å². The lowest BCUT2D eigenvalue weighted by Crippen LogP contribution is -2.30. The molecule has 0 aliphatic carbocycles. The minimum absolute atomic E-state index is 0.185. The summed E-state index contributed by atoms with van der Waals surface area (Å²) >= 11 is 6.79. The molecule has 1 atom stereocenters. The van der Waals surface area contributed by atoms with Gasteiger partial charge in [0.2, 0.25) is 0 Å². The summed E-state index contributed by atoms with van der Waals surface area (Å²) in [7, 11) is 0. The maximum absolute atomic E-state index is 12.1. The molecule has 0 heterocycles. The number of hydrogen-bond donors (Lipinski definition) is 1. The zero-order chi connectivity index (χ0) is 15.4. The van der Waals surface area contributed by atoms with E-state index in [-0.39, 0.29) is 5.91 Å². The van der Waals surface area contributed by atoms with Crippen LogP contribution in [0, 0.1) is 6.92 Å². The Labute approximate surface area is 141 Å². The molecule has 2 aromatic carbocycles. The van der Waals surface area contributed by atoms with Crippen LogP contribution in [0.3, 0.4) is 0 Å². The fraction of sp³-hybridized carbons (Fsp3) is 0.188. The molecule has 21 heavy (non-hydrogen) atoms. The summed E-state index contributed by atoms with van der Waals surface area (Å²) in [5.41, 5.74) is 1.86. The van der Waals surface area contributed by atoms with Crippen LogP contribution >= 0.6 is 31.9 Å². The van der Waals surface area contributed by atoms with Gasteiger partial charge in [-0.15, -0.1) is 0 Å². The van der Waals surface area contributed by atoms with E-state index in [1.54, 1.807) is 6.92 Å². The van der Waals surface area contributed by atoms with Crippen molar-refractivity contribution < 1.29 is 9.53 Å². The molecule has 0 saturated carbocycles. The number of aryl methyl sites for hydroxylation is 1. The number of carbonyl (C=O) groups excluding carboxylic acids is 1. The van der Waals surface area contributed by atoms with E-state index in [0.29, 0.717) is 5.75 Å². The van der Waals surface area contributed by atoms with Crippen LogP contribution in [0.1, 0.15) is 12.5 Å². The molecule has 1 N–H and O–H groups in total. The fourth-order valence-corrected chi connectivity index (χ4v) is 2.92. The van der Waals surface area contributed by atoms with Crippen LogP contribution < -0.4 is 10.1 Å². The average molecular weight is 413 g/mol. The minimum atomic E-state index is -0.594. The van der Waals surface area contributed by atoms with E-state index in [1.165, 1.54) is 0 Å². The van der Waals surface area contributed by atoms with Crippen molar-refractivity contribution in [3.8, 4) is 5.75 Å². The van der Waals surface area contributed by atoms with Gasteiger partial charge in [0.1, 0.15) is 5.75 Å². The third kappa shape index (κ3) is 4.58. The van der Waals surface area contributed by atoms with E-state index in [4.69, 9.17) is 4.74 Å². The first-order valence-electron chi connectivity index (χ1n) is 6.45. The Bertz CT molecular complexity index is 658. The fourth-order valence-electron chi connectivity index (χ4n) is 1.78. The summed E-state index contributed by atoms with van der Waals surface area (Å²) in [6, 6.07) is 13.2. The SMILES string of the molecule is Cc1cccc(NC(=O)C(C)Oc2ccc(Br)cc2Br)c1. The number of hydrogen-bond acceptors (Lipinski definition) is 2. The molecule has 0 radical (unpaired) electrons. The van der Waals surface area contributed by atoms with Crippen molar-refractivity contribution in [2.24, 2.45) is 0 Å². The van der Waals surface area contributed by atoms with Gasteiger partial charge in [0, 0.05) is 10.2 Å². The molecule has 0 aromatic heterocycles. The molecule has 0 aliphatic rings. The summed E-state index contributed by atoms with van der Waals surface area (Å²) < 4.78 is 7.43. The smallest absolute Gasteiger partial charge is 0.265 e. The number of ether oxygens (including phenoxy) is 1. The Hall–Kier alpha value is -1.33. The van der Waals surface area contributed by atoms with E-state index < -0.39 is 6.10 Å². The highest BCUT2D eigenvalue weighted by Gasteiger charge is 2.16. The third-order valence-electron chi connectivity index (χ3n) is 2.85.